The molecule has 0 aliphatic carbocycles. The second-order valence-electron chi connectivity index (χ2n) is 6.17. The van der Waals surface area contributed by atoms with E-state index in [9.17, 15) is 13.2 Å². The zero-order chi connectivity index (χ0) is 17.4. The van der Waals surface area contributed by atoms with Crippen LogP contribution in [0.5, 0.6) is 5.75 Å². The molecule has 3 N–H and O–H groups in total. The molecule has 9 heteroatoms. The summed E-state index contributed by atoms with van der Waals surface area (Å²) in [7, 11) is -2.46. The van der Waals surface area contributed by atoms with E-state index < -0.39 is 21.5 Å². The number of sulfonamides is 1. The van der Waals surface area contributed by atoms with Crippen LogP contribution in [0.25, 0.3) is 0 Å². The molecule has 0 unspecified atom stereocenters. The number of fused-ring (bicyclic) bond motifs is 2. The molecule has 2 saturated heterocycles. The van der Waals surface area contributed by atoms with Gasteiger partial charge < -0.3 is 9.47 Å². The van der Waals surface area contributed by atoms with Crippen molar-refractivity contribution in [1.82, 2.24) is 10.2 Å². The van der Waals surface area contributed by atoms with Gasteiger partial charge in [-0.2, -0.15) is 4.72 Å². The van der Waals surface area contributed by atoms with Crippen molar-refractivity contribution in [2.24, 2.45) is 0 Å². The second-order valence-corrected chi connectivity index (χ2v) is 7.85. The minimum atomic E-state index is -3.95. The molecule has 0 radical (unpaired) electrons. The number of hydrogen-bond donors (Lipinski definition) is 3. The van der Waals surface area contributed by atoms with E-state index in [-0.39, 0.29) is 29.9 Å². The molecule has 8 nitrogen and oxygen atoms in total. The van der Waals surface area contributed by atoms with E-state index in [2.05, 4.69) is 4.72 Å². The van der Waals surface area contributed by atoms with Crippen molar-refractivity contribution in [2.75, 3.05) is 7.11 Å². The Morgan fingerprint density at radius 3 is 2.33 bits per heavy atom. The van der Waals surface area contributed by atoms with Gasteiger partial charge in [0.1, 0.15) is 11.3 Å². The lowest BCUT2D eigenvalue weighted by Crippen LogP contribution is -2.62. The van der Waals surface area contributed by atoms with Crippen molar-refractivity contribution in [2.45, 2.75) is 48.3 Å². The standard InChI is InChI=1S/C15H20N2O6S/c1-22-10-4-6-13(7-5-10)24(20,21)17-15(14(18)16-19)8-11-2-3-12(9-15)23-11/h4-7,11-12,17,19H,2-3,8-9H2,1H3,(H,16,18)/t11-,12+,15-. The summed E-state index contributed by atoms with van der Waals surface area (Å²) in [5, 5.41) is 9.09. The van der Waals surface area contributed by atoms with Crippen LogP contribution < -0.4 is 14.9 Å². The molecular weight excluding hydrogens is 336 g/mol. The van der Waals surface area contributed by atoms with E-state index in [0.29, 0.717) is 5.75 Å². The molecule has 24 heavy (non-hydrogen) atoms. The van der Waals surface area contributed by atoms with Crippen molar-refractivity contribution in [3.63, 3.8) is 0 Å². The number of methoxy groups -OCH3 is 1. The number of nitrogens with one attached hydrogen (secondary N) is 2. The zero-order valence-corrected chi connectivity index (χ0v) is 14.0. The van der Waals surface area contributed by atoms with Crippen LogP contribution in [0.4, 0.5) is 0 Å². The van der Waals surface area contributed by atoms with Gasteiger partial charge in [-0.3, -0.25) is 10.0 Å². The number of ether oxygens (including phenoxy) is 2. The van der Waals surface area contributed by atoms with Gasteiger partial charge in [0.05, 0.1) is 24.2 Å². The quantitative estimate of drug-likeness (QED) is 0.525. The summed E-state index contributed by atoms with van der Waals surface area (Å²) < 4.78 is 38.6. The summed E-state index contributed by atoms with van der Waals surface area (Å²) in [6.45, 7) is 0. The van der Waals surface area contributed by atoms with E-state index >= 15 is 0 Å². The van der Waals surface area contributed by atoms with E-state index in [1.165, 1.54) is 31.4 Å². The molecule has 2 bridgehead atoms. The van der Waals surface area contributed by atoms with Gasteiger partial charge >= 0.3 is 0 Å². The molecule has 3 rings (SSSR count). The predicted octanol–water partition coefficient (Wildman–Crippen LogP) is 0.559. The third kappa shape index (κ3) is 3.12. The SMILES string of the molecule is COc1ccc(S(=O)(=O)N[C@]2(C(=O)NO)C[C@H]3CC[C@@H](C2)O3)cc1. The molecule has 132 valence electrons. The van der Waals surface area contributed by atoms with Gasteiger partial charge in [0, 0.05) is 12.8 Å². The van der Waals surface area contributed by atoms with Gasteiger partial charge in [-0.1, -0.05) is 0 Å². The summed E-state index contributed by atoms with van der Waals surface area (Å²) >= 11 is 0. The molecule has 1 amide bonds. The number of amides is 1. The fourth-order valence-electron chi connectivity index (χ4n) is 3.43. The Morgan fingerprint density at radius 1 is 1.25 bits per heavy atom. The summed E-state index contributed by atoms with van der Waals surface area (Å²) in [6, 6.07) is 5.86. The van der Waals surface area contributed by atoms with E-state index in [0.717, 1.165) is 12.8 Å². The van der Waals surface area contributed by atoms with Crippen LogP contribution in [0.15, 0.2) is 29.2 Å². The first-order chi connectivity index (χ1) is 11.4. The highest BCUT2D eigenvalue weighted by Crippen LogP contribution is 2.39. The number of hydrogen-bond acceptors (Lipinski definition) is 6. The monoisotopic (exact) mass is 356 g/mol. The Labute approximate surface area is 140 Å². The van der Waals surface area contributed by atoms with Gasteiger partial charge in [-0.15, -0.1) is 0 Å². The highest BCUT2D eigenvalue weighted by atomic mass is 32.2. The maximum Gasteiger partial charge on any atom is 0.264 e. The number of hydroxylamine groups is 1. The highest BCUT2D eigenvalue weighted by molar-refractivity contribution is 7.89. The number of rotatable bonds is 5. The van der Waals surface area contributed by atoms with Crippen molar-refractivity contribution >= 4 is 15.9 Å². The minimum absolute atomic E-state index is 0.0206. The molecule has 2 fully saturated rings. The predicted molar refractivity (Wildman–Crippen MR) is 83.1 cm³/mol. The Hall–Kier alpha value is -1.68. The van der Waals surface area contributed by atoms with Crippen LogP contribution in [0, 0.1) is 0 Å². The fraction of sp³-hybridized carbons (Fsp3) is 0.533. The molecule has 2 aliphatic heterocycles. The number of carbonyl (C=O) groups is 1. The molecule has 0 spiro atoms. The molecule has 1 aromatic rings. The summed E-state index contributed by atoms with van der Waals surface area (Å²) in [5.74, 6) is -0.235. The van der Waals surface area contributed by atoms with Crippen LogP contribution in [-0.2, 0) is 19.6 Å². The maximum atomic E-state index is 12.7. The van der Waals surface area contributed by atoms with Crippen molar-refractivity contribution in [3.05, 3.63) is 24.3 Å². The number of carbonyl (C=O) groups excluding carboxylic acids is 1. The Morgan fingerprint density at radius 2 is 1.83 bits per heavy atom. The lowest BCUT2D eigenvalue weighted by molar-refractivity contribution is -0.142. The summed E-state index contributed by atoms with van der Waals surface area (Å²) in [6.07, 6.45) is 1.53. The third-order valence-corrected chi connectivity index (χ3v) is 6.14. The minimum Gasteiger partial charge on any atom is -0.497 e. The summed E-state index contributed by atoms with van der Waals surface area (Å²) in [5.41, 5.74) is 0.176. The van der Waals surface area contributed by atoms with Gasteiger partial charge in [-0.25, -0.2) is 13.9 Å². The largest absolute Gasteiger partial charge is 0.497 e. The first-order valence-corrected chi connectivity index (χ1v) is 9.15. The molecule has 3 atom stereocenters. The first kappa shape index (κ1) is 17.2. The lowest BCUT2D eigenvalue weighted by atomic mass is 9.87. The molecule has 0 saturated carbocycles. The van der Waals surface area contributed by atoms with Crippen LogP contribution in [0.3, 0.4) is 0 Å². The van der Waals surface area contributed by atoms with E-state index in [1.807, 2.05) is 0 Å². The van der Waals surface area contributed by atoms with Crippen LogP contribution in [-0.4, -0.2) is 44.4 Å². The van der Waals surface area contributed by atoms with E-state index in [1.54, 1.807) is 5.48 Å². The average molecular weight is 356 g/mol. The van der Waals surface area contributed by atoms with Crippen LogP contribution in [0.2, 0.25) is 0 Å². The molecule has 2 heterocycles. The van der Waals surface area contributed by atoms with Gasteiger partial charge in [0.15, 0.2) is 0 Å². The smallest absolute Gasteiger partial charge is 0.264 e. The molecular formula is C15H20N2O6S. The Bertz CT molecular complexity index is 706. The van der Waals surface area contributed by atoms with Gasteiger partial charge in [-0.05, 0) is 37.1 Å². The Balaban J connectivity index is 1.90. The zero-order valence-electron chi connectivity index (χ0n) is 13.2. The Kier molecular flexibility index (Phi) is 4.52. The van der Waals surface area contributed by atoms with Crippen molar-refractivity contribution in [1.29, 1.82) is 0 Å². The van der Waals surface area contributed by atoms with Crippen LogP contribution in [0.1, 0.15) is 25.7 Å². The maximum absolute atomic E-state index is 12.7. The van der Waals surface area contributed by atoms with Crippen LogP contribution >= 0.6 is 0 Å². The van der Waals surface area contributed by atoms with Crippen molar-refractivity contribution < 1.29 is 27.9 Å². The topological polar surface area (TPSA) is 114 Å². The fourth-order valence-corrected chi connectivity index (χ4v) is 4.82. The second kappa shape index (κ2) is 6.32. The average Bonchev–Trinajstić information content (AvgIpc) is 2.92. The first-order valence-electron chi connectivity index (χ1n) is 7.66. The molecule has 0 aromatic heterocycles. The van der Waals surface area contributed by atoms with Gasteiger partial charge in [0.25, 0.3) is 5.91 Å². The van der Waals surface area contributed by atoms with Crippen molar-refractivity contribution in [3.8, 4) is 5.75 Å². The highest BCUT2D eigenvalue weighted by Gasteiger charge is 2.51. The normalized spacial score (nSPS) is 29.2. The lowest BCUT2D eigenvalue weighted by Gasteiger charge is -2.38. The van der Waals surface area contributed by atoms with Gasteiger partial charge in [0.2, 0.25) is 10.0 Å². The number of benzene rings is 1. The third-order valence-electron chi connectivity index (χ3n) is 4.58. The summed E-state index contributed by atoms with van der Waals surface area (Å²) in [4.78, 5) is 12.3. The molecule has 2 aliphatic rings. The molecule has 1 aromatic carbocycles. The van der Waals surface area contributed by atoms with E-state index in [4.69, 9.17) is 14.7 Å².